The van der Waals surface area contributed by atoms with Crippen molar-refractivity contribution in [1.29, 1.82) is 0 Å². The van der Waals surface area contributed by atoms with Crippen LogP contribution in [0.5, 0.6) is 11.5 Å². The minimum Gasteiger partial charge on any atom is -1.00 e. The van der Waals surface area contributed by atoms with Gasteiger partial charge in [0.2, 0.25) is 0 Å². The predicted molar refractivity (Wildman–Crippen MR) is 104 cm³/mol. The van der Waals surface area contributed by atoms with Gasteiger partial charge in [0.05, 0.1) is 7.11 Å². The lowest BCUT2D eigenvalue weighted by Gasteiger charge is -2.23. The first-order valence-corrected chi connectivity index (χ1v) is 9.39. The number of rotatable bonds is 8. The second-order valence-electron chi connectivity index (χ2n) is 7.90. The Labute approximate surface area is 181 Å². The summed E-state index contributed by atoms with van der Waals surface area (Å²) in [4.78, 5) is 11.9. The molecule has 28 heavy (non-hydrogen) atoms. The summed E-state index contributed by atoms with van der Waals surface area (Å²) in [5.74, 6) is 1.84. The number of piperidine rings is 1. The van der Waals surface area contributed by atoms with Gasteiger partial charge in [0.15, 0.2) is 18.1 Å². The van der Waals surface area contributed by atoms with Crippen LogP contribution in [0, 0.1) is 5.92 Å². The van der Waals surface area contributed by atoms with Gasteiger partial charge in [0.25, 0.3) is 5.91 Å². The number of hydrogen-bond donors (Lipinski definition) is 3. The molecule has 1 aliphatic heterocycles. The van der Waals surface area contributed by atoms with Crippen molar-refractivity contribution in [2.45, 2.75) is 45.7 Å². The van der Waals surface area contributed by atoms with Crippen LogP contribution in [0.2, 0.25) is 0 Å². The summed E-state index contributed by atoms with van der Waals surface area (Å²) in [6.45, 7) is 9.87. The summed E-state index contributed by atoms with van der Waals surface area (Å²) in [7, 11) is 1.61. The third-order valence-corrected chi connectivity index (χ3v) is 4.32. The molecule has 3 N–H and O–H groups in total. The summed E-state index contributed by atoms with van der Waals surface area (Å²) in [6.07, 6.45) is 2.47. The molecular weight excluding hydrogens is 401 g/mol. The van der Waals surface area contributed by atoms with Crippen LogP contribution in [0.4, 0.5) is 0 Å². The molecule has 1 saturated heterocycles. The number of amides is 1. The Bertz CT molecular complexity index is 589. The van der Waals surface area contributed by atoms with Gasteiger partial charge in [-0.2, -0.15) is 0 Å². The van der Waals surface area contributed by atoms with Crippen molar-refractivity contribution in [3.63, 3.8) is 0 Å². The average molecular weight is 434 g/mol. The molecule has 0 aliphatic carbocycles. The maximum absolute atomic E-state index is 11.9. The summed E-state index contributed by atoms with van der Waals surface area (Å²) in [5.41, 5.74) is 0.872. The molecule has 1 aromatic rings. The van der Waals surface area contributed by atoms with E-state index in [1.807, 2.05) is 39.0 Å². The fraction of sp³-hybridized carbons (Fsp3) is 0.650. The summed E-state index contributed by atoms with van der Waals surface area (Å²) < 4.78 is 11.0. The summed E-state index contributed by atoms with van der Waals surface area (Å²) in [5, 5.41) is 9.80. The molecule has 1 amide bonds. The molecule has 8 heteroatoms. The van der Waals surface area contributed by atoms with E-state index in [1.165, 1.54) is 12.8 Å². The average Bonchev–Trinajstić information content (AvgIpc) is 2.60. The third kappa shape index (κ3) is 9.82. The van der Waals surface area contributed by atoms with E-state index < -0.39 is 0 Å². The first-order chi connectivity index (χ1) is 12.4. The second kappa shape index (κ2) is 13.1. The fourth-order valence-corrected chi connectivity index (χ4v) is 3.05. The smallest absolute Gasteiger partial charge is 0.258 e. The van der Waals surface area contributed by atoms with E-state index in [0.29, 0.717) is 11.5 Å². The highest BCUT2D eigenvalue weighted by Gasteiger charge is 2.15. The summed E-state index contributed by atoms with van der Waals surface area (Å²) >= 11 is 0. The molecule has 0 unspecified atom stereocenters. The van der Waals surface area contributed by atoms with E-state index in [9.17, 15) is 4.79 Å². The highest BCUT2D eigenvalue weighted by atomic mass is 35.5. The fourth-order valence-electron chi connectivity index (χ4n) is 3.05. The standard InChI is InChI=1S/C20H33N3O3.2ClH/c1-20(2,3)23-19(24)14-26-17-6-5-16(11-18(17)25-4)13-22-12-15-7-9-21-10-8-15;;/h5-6,11,15,21-22H,7-10,12-14H2,1-4H3,(H,23,24);2*1H/p-2. The molecule has 6 nitrogen and oxygen atoms in total. The molecule has 2 rings (SSSR count). The molecular formula is C20H33Cl2N3O3-2. The number of nitrogens with one attached hydrogen (secondary N) is 3. The number of hydrogen-bond acceptors (Lipinski definition) is 5. The zero-order chi connectivity index (χ0) is 19.0. The van der Waals surface area contributed by atoms with E-state index in [-0.39, 0.29) is 42.9 Å². The van der Waals surface area contributed by atoms with Crippen molar-refractivity contribution in [2.75, 3.05) is 33.4 Å². The van der Waals surface area contributed by atoms with Gasteiger partial charge in [0.1, 0.15) is 0 Å². The van der Waals surface area contributed by atoms with Gasteiger partial charge in [-0.25, -0.2) is 0 Å². The van der Waals surface area contributed by atoms with Gasteiger partial charge in [-0.15, -0.1) is 0 Å². The van der Waals surface area contributed by atoms with Gasteiger partial charge in [0, 0.05) is 12.1 Å². The topological polar surface area (TPSA) is 71.6 Å². The molecule has 0 spiro atoms. The minimum atomic E-state index is -0.269. The van der Waals surface area contributed by atoms with E-state index in [1.54, 1.807) is 7.11 Å². The van der Waals surface area contributed by atoms with Gasteiger partial charge in [-0.1, -0.05) is 6.07 Å². The highest BCUT2D eigenvalue weighted by molar-refractivity contribution is 5.78. The maximum atomic E-state index is 11.9. The van der Waals surface area contributed by atoms with Crippen molar-refractivity contribution in [3.05, 3.63) is 23.8 Å². The number of carbonyl (C=O) groups is 1. The van der Waals surface area contributed by atoms with Gasteiger partial charge in [-0.3, -0.25) is 4.79 Å². The first kappa shape index (κ1) is 26.8. The molecule has 0 saturated carbocycles. The quantitative estimate of drug-likeness (QED) is 0.390. The van der Waals surface area contributed by atoms with E-state index in [4.69, 9.17) is 9.47 Å². The second-order valence-corrected chi connectivity index (χ2v) is 7.90. The van der Waals surface area contributed by atoms with Crippen molar-refractivity contribution in [3.8, 4) is 11.5 Å². The van der Waals surface area contributed by atoms with Crippen LogP contribution < -0.4 is 50.2 Å². The predicted octanol–water partition coefficient (Wildman–Crippen LogP) is -3.91. The zero-order valence-corrected chi connectivity index (χ0v) is 18.8. The van der Waals surface area contributed by atoms with Crippen molar-refractivity contribution >= 4 is 5.91 Å². The lowest BCUT2D eigenvalue weighted by atomic mass is 9.98. The Morgan fingerprint density at radius 2 is 1.86 bits per heavy atom. The van der Waals surface area contributed by atoms with Crippen LogP contribution in [-0.2, 0) is 11.3 Å². The third-order valence-electron chi connectivity index (χ3n) is 4.32. The molecule has 0 bridgehead atoms. The molecule has 1 heterocycles. The zero-order valence-electron chi connectivity index (χ0n) is 17.2. The molecule has 0 atom stereocenters. The maximum Gasteiger partial charge on any atom is 0.258 e. The summed E-state index contributed by atoms with van der Waals surface area (Å²) in [6, 6.07) is 5.84. The van der Waals surface area contributed by atoms with Crippen molar-refractivity contribution in [2.24, 2.45) is 5.92 Å². The highest BCUT2D eigenvalue weighted by Crippen LogP contribution is 2.28. The van der Waals surface area contributed by atoms with Crippen LogP contribution in [0.25, 0.3) is 0 Å². The normalized spacial score (nSPS) is 14.4. The van der Waals surface area contributed by atoms with Crippen molar-refractivity contribution in [1.82, 2.24) is 16.0 Å². The van der Waals surface area contributed by atoms with Crippen LogP contribution in [0.1, 0.15) is 39.2 Å². The van der Waals surface area contributed by atoms with Crippen LogP contribution in [-0.4, -0.2) is 44.8 Å². The molecule has 1 aromatic carbocycles. The Balaban J connectivity index is 0.00000364. The van der Waals surface area contributed by atoms with Gasteiger partial charge in [-0.05, 0) is 76.9 Å². The molecule has 1 aliphatic rings. The number of halogens is 2. The lowest BCUT2D eigenvalue weighted by molar-refractivity contribution is -0.124. The van der Waals surface area contributed by atoms with Gasteiger partial charge >= 0.3 is 0 Å². The minimum absolute atomic E-state index is 0. The van der Waals surface area contributed by atoms with E-state index in [0.717, 1.165) is 37.7 Å². The number of benzene rings is 1. The van der Waals surface area contributed by atoms with Crippen LogP contribution in [0.3, 0.4) is 0 Å². The molecule has 162 valence electrons. The number of carbonyl (C=O) groups excluding carboxylic acids is 1. The Kier molecular flexibility index (Phi) is 12.5. The largest absolute Gasteiger partial charge is 1.00 e. The van der Waals surface area contributed by atoms with E-state index >= 15 is 0 Å². The van der Waals surface area contributed by atoms with Crippen LogP contribution in [0.15, 0.2) is 18.2 Å². The van der Waals surface area contributed by atoms with Crippen molar-refractivity contribution < 1.29 is 39.1 Å². The Morgan fingerprint density at radius 1 is 1.18 bits per heavy atom. The molecule has 0 radical (unpaired) electrons. The first-order valence-electron chi connectivity index (χ1n) is 9.39. The Morgan fingerprint density at radius 3 is 2.46 bits per heavy atom. The number of methoxy groups -OCH3 is 1. The van der Waals surface area contributed by atoms with Gasteiger partial charge < -0.3 is 50.2 Å². The lowest BCUT2D eigenvalue weighted by Crippen LogP contribution is -3.00. The molecule has 0 aromatic heterocycles. The number of ether oxygens (including phenoxy) is 2. The molecule has 1 fully saturated rings. The van der Waals surface area contributed by atoms with E-state index in [2.05, 4.69) is 16.0 Å². The SMILES string of the molecule is COc1cc(CNCC2CCNCC2)ccc1OCC(=O)NC(C)(C)C.[Cl-].[Cl-]. The Hall–Kier alpha value is -1.21. The monoisotopic (exact) mass is 433 g/mol. The van der Waals surface area contributed by atoms with Crippen LogP contribution >= 0.6 is 0 Å².